The van der Waals surface area contributed by atoms with Crippen LogP contribution in [-0.2, 0) is 4.79 Å². The molecule has 0 rings (SSSR count). The summed E-state index contributed by atoms with van der Waals surface area (Å²) in [5.41, 5.74) is 0.985. The number of hydrogen-bond donors (Lipinski definition) is 4. The third-order valence-corrected chi connectivity index (χ3v) is 4.93. The van der Waals surface area contributed by atoms with Crippen molar-refractivity contribution < 1.29 is 25.2 Å². The Bertz CT molecular complexity index is 388. The monoisotopic (exact) mass is 402 g/mol. The van der Waals surface area contributed by atoms with Crippen LogP contribution in [-0.4, -0.2) is 45.7 Å². The molecule has 0 aliphatic rings. The van der Waals surface area contributed by atoms with E-state index in [2.05, 4.69) is 27.7 Å². The molecule has 2 unspecified atom stereocenters. The number of allylic oxidation sites excluding steroid dienone is 1. The molecule has 0 aromatic heterocycles. The number of rotatable bonds is 15. The SMILES string of the molecule is CC(=CC(=O)O)CCCC(C)CCCC(C)CCCC(C)C.OCC(O)CO. The quantitative estimate of drug-likeness (QED) is 0.295. The molecule has 0 saturated heterocycles. The van der Waals surface area contributed by atoms with Crippen molar-refractivity contribution in [2.75, 3.05) is 13.2 Å². The second kappa shape index (κ2) is 19.4. The summed E-state index contributed by atoms with van der Waals surface area (Å²) in [7, 11) is 0. The number of carboxylic acid groups (broad SMARTS) is 1. The van der Waals surface area contributed by atoms with E-state index in [1.807, 2.05) is 6.92 Å². The van der Waals surface area contributed by atoms with Crippen LogP contribution >= 0.6 is 0 Å². The Labute approximate surface area is 172 Å². The normalized spacial score (nSPS) is 14.0. The van der Waals surface area contributed by atoms with Gasteiger partial charge in [-0.3, -0.25) is 0 Å². The van der Waals surface area contributed by atoms with Crippen LogP contribution < -0.4 is 0 Å². The summed E-state index contributed by atoms with van der Waals surface area (Å²) in [5, 5.41) is 32.7. The topological polar surface area (TPSA) is 98.0 Å². The zero-order valence-electron chi connectivity index (χ0n) is 18.9. The van der Waals surface area contributed by atoms with E-state index in [1.54, 1.807) is 0 Å². The molecule has 2 atom stereocenters. The van der Waals surface area contributed by atoms with Gasteiger partial charge in [-0.15, -0.1) is 0 Å². The standard InChI is InChI=1S/C20H38O2.C3H8O3/c1-16(2)9-6-10-17(3)11-7-12-18(4)13-8-14-19(5)15-20(21)22;4-1-3(6)2-5/h15-18H,6-14H2,1-5H3,(H,21,22);3-6H,1-2H2. The molecule has 0 saturated carbocycles. The van der Waals surface area contributed by atoms with Crippen LogP contribution in [0.15, 0.2) is 11.6 Å². The number of hydrogen-bond acceptors (Lipinski definition) is 4. The van der Waals surface area contributed by atoms with Gasteiger partial charge >= 0.3 is 5.97 Å². The zero-order chi connectivity index (χ0) is 21.9. The Morgan fingerprint density at radius 2 is 1.25 bits per heavy atom. The van der Waals surface area contributed by atoms with Gasteiger partial charge in [0.1, 0.15) is 6.10 Å². The number of aliphatic carboxylic acids is 1. The molecule has 0 amide bonds. The molecule has 4 N–H and O–H groups in total. The van der Waals surface area contributed by atoms with Crippen LogP contribution in [0.3, 0.4) is 0 Å². The predicted octanol–water partition coefficient (Wildman–Crippen LogP) is 4.79. The Morgan fingerprint density at radius 3 is 1.61 bits per heavy atom. The van der Waals surface area contributed by atoms with E-state index in [0.29, 0.717) is 0 Å². The summed E-state index contributed by atoms with van der Waals surface area (Å²) >= 11 is 0. The first-order chi connectivity index (χ1) is 13.1. The third-order valence-electron chi connectivity index (χ3n) is 4.93. The minimum atomic E-state index is -0.954. The van der Waals surface area contributed by atoms with Crippen LogP contribution in [0.5, 0.6) is 0 Å². The summed E-state index contributed by atoms with van der Waals surface area (Å²) < 4.78 is 0. The van der Waals surface area contributed by atoms with E-state index in [4.69, 9.17) is 20.4 Å². The van der Waals surface area contributed by atoms with Crippen molar-refractivity contribution in [2.45, 2.75) is 98.5 Å². The lowest BCUT2D eigenvalue weighted by Crippen LogP contribution is -2.15. The number of carboxylic acids is 1. The van der Waals surface area contributed by atoms with E-state index in [1.165, 1.54) is 51.0 Å². The summed E-state index contributed by atoms with van der Waals surface area (Å²) in [6.45, 7) is 10.5. The summed E-state index contributed by atoms with van der Waals surface area (Å²) in [6, 6.07) is 0. The molecular weight excluding hydrogens is 356 g/mol. The van der Waals surface area contributed by atoms with Crippen molar-refractivity contribution in [3.05, 3.63) is 11.6 Å². The molecule has 0 aromatic rings. The smallest absolute Gasteiger partial charge is 0.328 e. The van der Waals surface area contributed by atoms with Crippen LogP contribution in [0, 0.1) is 17.8 Å². The van der Waals surface area contributed by atoms with E-state index >= 15 is 0 Å². The highest BCUT2D eigenvalue weighted by Gasteiger charge is 2.07. The van der Waals surface area contributed by atoms with Gasteiger partial charge < -0.3 is 20.4 Å². The van der Waals surface area contributed by atoms with Gasteiger partial charge in [-0.1, -0.05) is 78.2 Å². The maximum Gasteiger partial charge on any atom is 0.328 e. The van der Waals surface area contributed by atoms with Gasteiger partial charge in [0.2, 0.25) is 0 Å². The molecule has 5 heteroatoms. The van der Waals surface area contributed by atoms with Crippen LogP contribution in [0.2, 0.25) is 0 Å². The molecule has 0 spiro atoms. The molecule has 0 heterocycles. The Balaban J connectivity index is 0. The average Bonchev–Trinajstić information content (AvgIpc) is 2.60. The maximum atomic E-state index is 10.5. The van der Waals surface area contributed by atoms with Gasteiger partial charge in [-0.2, -0.15) is 0 Å². The van der Waals surface area contributed by atoms with E-state index < -0.39 is 12.1 Å². The van der Waals surface area contributed by atoms with Gasteiger partial charge in [-0.25, -0.2) is 4.79 Å². The van der Waals surface area contributed by atoms with Gasteiger partial charge in [-0.05, 0) is 37.5 Å². The zero-order valence-corrected chi connectivity index (χ0v) is 18.9. The van der Waals surface area contributed by atoms with E-state index in [9.17, 15) is 4.79 Å². The van der Waals surface area contributed by atoms with Crippen molar-refractivity contribution in [2.24, 2.45) is 17.8 Å². The number of aliphatic hydroxyl groups excluding tert-OH is 3. The van der Waals surface area contributed by atoms with E-state index in [-0.39, 0.29) is 13.2 Å². The third kappa shape index (κ3) is 23.1. The summed E-state index contributed by atoms with van der Waals surface area (Å²) in [6.07, 6.45) is 11.8. The van der Waals surface area contributed by atoms with E-state index in [0.717, 1.165) is 36.2 Å². The maximum absolute atomic E-state index is 10.5. The van der Waals surface area contributed by atoms with Crippen molar-refractivity contribution >= 4 is 5.97 Å². The molecule has 0 aromatic carbocycles. The minimum absolute atomic E-state index is 0.365. The Morgan fingerprint density at radius 1 is 0.821 bits per heavy atom. The van der Waals surface area contributed by atoms with Crippen LogP contribution in [0.1, 0.15) is 92.4 Å². The van der Waals surface area contributed by atoms with Crippen molar-refractivity contribution in [1.29, 1.82) is 0 Å². The molecule has 5 nitrogen and oxygen atoms in total. The Kier molecular flexibility index (Phi) is 20.3. The largest absolute Gasteiger partial charge is 0.478 e. The second-order valence-electron chi connectivity index (χ2n) is 8.71. The molecule has 0 aliphatic heterocycles. The summed E-state index contributed by atoms with van der Waals surface area (Å²) in [4.78, 5) is 10.5. The lowest BCUT2D eigenvalue weighted by Gasteiger charge is -2.15. The fourth-order valence-electron chi connectivity index (χ4n) is 3.05. The Hall–Kier alpha value is -0.910. The van der Waals surface area contributed by atoms with Crippen molar-refractivity contribution in [3.63, 3.8) is 0 Å². The minimum Gasteiger partial charge on any atom is -0.478 e. The first-order valence-corrected chi connectivity index (χ1v) is 10.9. The van der Waals surface area contributed by atoms with Crippen LogP contribution in [0.25, 0.3) is 0 Å². The average molecular weight is 403 g/mol. The highest BCUT2D eigenvalue weighted by molar-refractivity contribution is 5.80. The molecule has 0 aliphatic carbocycles. The first kappa shape index (κ1) is 29.3. The lowest BCUT2D eigenvalue weighted by molar-refractivity contribution is -0.131. The molecule has 0 bridgehead atoms. The molecule has 168 valence electrons. The summed E-state index contributed by atoms with van der Waals surface area (Å²) in [5.74, 6) is 1.65. The molecule has 28 heavy (non-hydrogen) atoms. The lowest BCUT2D eigenvalue weighted by atomic mass is 9.91. The first-order valence-electron chi connectivity index (χ1n) is 10.9. The second-order valence-corrected chi connectivity index (χ2v) is 8.71. The fraction of sp³-hybridized carbons (Fsp3) is 0.870. The molecule has 0 fully saturated rings. The molecular formula is C23H46O5. The highest BCUT2D eigenvalue weighted by atomic mass is 16.4. The van der Waals surface area contributed by atoms with Crippen molar-refractivity contribution in [3.8, 4) is 0 Å². The number of aliphatic hydroxyl groups is 3. The van der Waals surface area contributed by atoms with Gasteiger partial charge in [0.05, 0.1) is 13.2 Å². The molecule has 0 radical (unpaired) electrons. The highest BCUT2D eigenvalue weighted by Crippen LogP contribution is 2.21. The fourth-order valence-corrected chi connectivity index (χ4v) is 3.05. The van der Waals surface area contributed by atoms with Gasteiger partial charge in [0.15, 0.2) is 0 Å². The van der Waals surface area contributed by atoms with Crippen LogP contribution in [0.4, 0.5) is 0 Å². The van der Waals surface area contributed by atoms with Gasteiger partial charge in [0, 0.05) is 6.08 Å². The van der Waals surface area contributed by atoms with Gasteiger partial charge in [0.25, 0.3) is 0 Å². The number of carbonyl (C=O) groups is 1. The van der Waals surface area contributed by atoms with Crippen molar-refractivity contribution in [1.82, 2.24) is 0 Å². The predicted molar refractivity (Wildman–Crippen MR) is 116 cm³/mol.